The minimum atomic E-state index is -0.318. The summed E-state index contributed by atoms with van der Waals surface area (Å²) in [5, 5.41) is 2.76. The van der Waals surface area contributed by atoms with Crippen LogP contribution < -0.4 is 10.1 Å². The summed E-state index contributed by atoms with van der Waals surface area (Å²) in [4.78, 5) is 11.3. The van der Waals surface area contributed by atoms with Crippen LogP contribution in [0.5, 0.6) is 5.75 Å². The Kier molecular flexibility index (Phi) is 6.07. The quantitative estimate of drug-likeness (QED) is 0.742. The monoisotopic (exact) mass is 239 g/mol. The SMILES string of the molecule is CCCCCNC(=O)COc1ccc(F)cc1. The van der Waals surface area contributed by atoms with E-state index in [2.05, 4.69) is 12.2 Å². The average molecular weight is 239 g/mol. The van der Waals surface area contributed by atoms with Crippen molar-refractivity contribution in [3.63, 3.8) is 0 Å². The van der Waals surface area contributed by atoms with Crippen LogP contribution in [0, 0.1) is 5.82 Å². The molecule has 0 aliphatic rings. The number of nitrogens with one attached hydrogen (secondary N) is 1. The van der Waals surface area contributed by atoms with Crippen molar-refractivity contribution < 1.29 is 13.9 Å². The van der Waals surface area contributed by atoms with Crippen molar-refractivity contribution in [3.8, 4) is 5.75 Å². The van der Waals surface area contributed by atoms with E-state index in [4.69, 9.17) is 4.74 Å². The van der Waals surface area contributed by atoms with E-state index in [0.29, 0.717) is 12.3 Å². The van der Waals surface area contributed by atoms with Crippen LogP contribution in [-0.2, 0) is 4.79 Å². The maximum atomic E-state index is 12.6. The Hall–Kier alpha value is -1.58. The van der Waals surface area contributed by atoms with Crippen molar-refractivity contribution in [3.05, 3.63) is 30.1 Å². The molecule has 1 rings (SSSR count). The second kappa shape index (κ2) is 7.65. The highest BCUT2D eigenvalue weighted by atomic mass is 19.1. The molecule has 94 valence electrons. The van der Waals surface area contributed by atoms with Gasteiger partial charge in [0.25, 0.3) is 5.91 Å². The normalized spacial score (nSPS) is 10.0. The summed E-state index contributed by atoms with van der Waals surface area (Å²) in [6.07, 6.45) is 3.22. The first-order chi connectivity index (χ1) is 8.22. The van der Waals surface area contributed by atoms with Crippen molar-refractivity contribution in [2.24, 2.45) is 0 Å². The van der Waals surface area contributed by atoms with Gasteiger partial charge in [-0.3, -0.25) is 4.79 Å². The van der Waals surface area contributed by atoms with E-state index in [0.717, 1.165) is 19.3 Å². The third kappa shape index (κ3) is 5.90. The number of benzene rings is 1. The molecule has 1 aromatic rings. The Labute approximate surface area is 101 Å². The van der Waals surface area contributed by atoms with Gasteiger partial charge in [-0.05, 0) is 30.7 Å². The van der Waals surface area contributed by atoms with Gasteiger partial charge < -0.3 is 10.1 Å². The molecule has 0 aliphatic carbocycles. The van der Waals surface area contributed by atoms with Crippen LogP contribution in [0.3, 0.4) is 0 Å². The van der Waals surface area contributed by atoms with Gasteiger partial charge in [0, 0.05) is 6.54 Å². The molecule has 0 heterocycles. The molecule has 17 heavy (non-hydrogen) atoms. The van der Waals surface area contributed by atoms with Gasteiger partial charge in [0.05, 0.1) is 0 Å². The summed E-state index contributed by atoms with van der Waals surface area (Å²) >= 11 is 0. The van der Waals surface area contributed by atoms with Crippen LogP contribution >= 0.6 is 0 Å². The Morgan fingerprint density at radius 3 is 2.65 bits per heavy atom. The lowest BCUT2D eigenvalue weighted by atomic mass is 10.2. The first-order valence-electron chi connectivity index (χ1n) is 5.87. The predicted molar refractivity (Wildman–Crippen MR) is 64.4 cm³/mol. The largest absolute Gasteiger partial charge is 0.484 e. The summed E-state index contributed by atoms with van der Waals surface area (Å²) in [5.74, 6) is 0.0295. The lowest BCUT2D eigenvalue weighted by Gasteiger charge is -2.07. The van der Waals surface area contributed by atoms with Crippen LogP contribution in [0.15, 0.2) is 24.3 Å². The Bertz CT molecular complexity index is 338. The highest BCUT2D eigenvalue weighted by Crippen LogP contribution is 2.10. The van der Waals surface area contributed by atoms with Gasteiger partial charge in [-0.2, -0.15) is 0 Å². The number of amides is 1. The first-order valence-corrected chi connectivity index (χ1v) is 5.87. The average Bonchev–Trinajstić information content (AvgIpc) is 2.34. The molecule has 0 unspecified atom stereocenters. The number of carbonyl (C=O) groups is 1. The number of ether oxygens (including phenoxy) is 1. The number of hydrogen-bond acceptors (Lipinski definition) is 2. The van der Waals surface area contributed by atoms with Gasteiger partial charge in [-0.25, -0.2) is 4.39 Å². The lowest BCUT2D eigenvalue weighted by molar-refractivity contribution is -0.123. The lowest BCUT2D eigenvalue weighted by Crippen LogP contribution is -2.29. The Morgan fingerprint density at radius 2 is 2.00 bits per heavy atom. The summed E-state index contributed by atoms with van der Waals surface area (Å²) in [6, 6.07) is 5.60. The zero-order valence-electron chi connectivity index (χ0n) is 10.0. The van der Waals surface area contributed by atoms with Gasteiger partial charge in [-0.1, -0.05) is 19.8 Å². The van der Waals surface area contributed by atoms with Crippen molar-refractivity contribution in [2.75, 3.05) is 13.2 Å². The van der Waals surface area contributed by atoms with E-state index in [1.54, 1.807) is 0 Å². The molecule has 0 spiro atoms. The van der Waals surface area contributed by atoms with Crippen LogP contribution in [0.25, 0.3) is 0 Å². The van der Waals surface area contributed by atoms with E-state index < -0.39 is 0 Å². The minimum absolute atomic E-state index is 0.0300. The molecule has 3 nitrogen and oxygen atoms in total. The van der Waals surface area contributed by atoms with Crippen molar-refractivity contribution in [2.45, 2.75) is 26.2 Å². The highest BCUT2D eigenvalue weighted by molar-refractivity contribution is 5.77. The molecule has 1 amide bonds. The molecule has 0 radical (unpaired) electrons. The molecule has 0 atom stereocenters. The van der Waals surface area contributed by atoms with Gasteiger partial charge in [0.2, 0.25) is 0 Å². The fourth-order valence-corrected chi connectivity index (χ4v) is 1.33. The topological polar surface area (TPSA) is 38.3 Å². The molecule has 0 fully saturated rings. The maximum absolute atomic E-state index is 12.6. The fourth-order valence-electron chi connectivity index (χ4n) is 1.33. The second-order valence-electron chi connectivity index (χ2n) is 3.80. The summed E-state index contributed by atoms with van der Waals surface area (Å²) in [6.45, 7) is 2.76. The first kappa shape index (κ1) is 13.5. The van der Waals surface area contributed by atoms with Gasteiger partial charge in [-0.15, -0.1) is 0 Å². The minimum Gasteiger partial charge on any atom is -0.484 e. The predicted octanol–water partition coefficient (Wildman–Crippen LogP) is 2.51. The molecule has 1 aromatic carbocycles. The molecular formula is C13H18FNO2. The maximum Gasteiger partial charge on any atom is 0.257 e. The zero-order valence-corrected chi connectivity index (χ0v) is 10.0. The molecule has 0 aliphatic heterocycles. The van der Waals surface area contributed by atoms with E-state index in [9.17, 15) is 9.18 Å². The molecule has 0 bridgehead atoms. The molecule has 4 heteroatoms. The van der Waals surface area contributed by atoms with Crippen LogP contribution in [0.2, 0.25) is 0 Å². The van der Waals surface area contributed by atoms with E-state index in [1.807, 2.05) is 0 Å². The molecule has 0 aromatic heterocycles. The number of hydrogen-bond donors (Lipinski definition) is 1. The van der Waals surface area contributed by atoms with Crippen LogP contribution in [0.1, 0.15) is 26.2 Å². The number of halogens is 1. The van der Waals surface area contributed by atoms with Crippen molar-refractivity contribution in [1.29, 1.82) is 0 Å². The van der Waals surface area contributed by atoms with Crippen molar-refractivity contribution in [1.82, 2.24) is 5.32 Å². The number of unbranched alkanes of at least 4 members (excludes halogenated alkanes) is 2. The Balaban J connectivity index is 2.17. The second-order valence-corrected chi connectivity index (χ2v) is 3.80. The van der Waals surface area contributed by atoms with E-state index in [-0.39, 0.29) is 18.3 Å². The van der Waals surface area contributed by atoms with Gasteiger partial charge in [0.15, 0.2) is 6.61 Å². The Morgan fingerprint density at radius 1 is 1.29 bits per heavy atom. The summed E-state index contributed by atoms with van der Waals surface area (Å²) in [7, 11) is 0. The van der Waals surface area contributed by atoms with E-state index in [1.165, 1.54) is 24.3 Å². The third-order valence-corrected chi connectivity index (χ3v) is 2.29. The highest BCUT2D eigenvalue weighted by Gasteiger charge is 2.01. The molecule has 1 N–H and O–H groups in total. The van der Waals surface area contributed by atoms with Crippen LogP contribution in [-0.4, -0.2) is 19.1 Å². The third-order valence-electron chi connectivity index (χ3n) is 2.29. The number of rotatable bonds is 7. The summed E-state index contributed by atoms with van der Waals surface area (Å²) < 4.78 is 17.8. The molecular weight excluding hydrogens is 221 g/mol. The van der Waals surface area contributed by atoms with Crippen molar-refractivity contribution >= 4 is 5.91 Å². The molecule has 0 saturated carbocycles. The summed E-state index contributed by atoms with van der Waals surface area (Å²) in [5.41, 5.74) is 0. The molecule has 0 saturated heterocycles. The smallest absolute Gasteiger partial charge is 0.257 e. The van der Waals surface area contributed by atoms with Gasteiger partial charge in [0.1, 0.15) is 11.6 Å². The van der Waals surface area contributed by atoms with E-state index >= 15 is 0 Å². The van der Waals surface area contributed by atoms with Gasteiger partial charge >= 0.3 is 0 Å². The van der Waals surface area contributed by atoms with Crippen LogP contribution in [0.4, 0.5) is 4.39 Å². The number of carbonyl (C=O) groups excluding carboxylic acids is 1. The fraction of sp³-hybridized carbons (Fsp3) is 0.462. The zero-order chi connectivity index (χ0) is 12.5. The standard InChI is InChI=1S/C13H18FNO2/c1-2-3-4-9-15-13(16)10-17-12-7-5-11(14)6-8-12/h5-8H,2-4,9-10H2,1H3,(H,15,16).